The molecule has 11 nitrogen and oxygen atoms in total. The third-order valence-corrected chi connectivity index (χ3v) is 9.91. The maximum absolute atomic E-state index is 14.1. The van der Waals surface area contributed by atoms with Crippen molar-refractivity contribution in [2.24, 2.45) is 0 Å². The lowest BCUT2D eigenvalue weighted by atomic mass is 9.77. The summed E-state index contributed by atoms with van der Waals surface area (Å²) in [6, 6.07) is 4.04. The molecule has 5 atom stereocenters. The summed E-state index contributed by atoms with van der Waals surface area (Å²) in [6.45, 7) is 5.28. The van der Waals surface area contributed by atoms with E-state index in [0.717, 1.165) is 43.5 Å². The van der Waals surface area contributed by atoms with Crippen LogP contribution in [-0.4, -0.2) is 87.2 Å². The average molecular weight is 616 g/mol. The van der Waals surface area contributed by atoms with Crippen LogP contribution in [0.15, 0.2) is 35.5 Å². The fourth-order valence-corrected chi connectivity index (χ4v) is 7.80. The molecule has 0 radical (unpaired) electrons. The zero-order chi connectivity index (χ0) is 30.4. The number of anilines is 1. The topological polar surface area (TPSA) is 143 Å². The number of esters is 1. The van der Waals surface area contributed by atoms with Gasteiger partial charge in [0.15, 0.2) is 28.3 Å². The Labute approximate surface area is 255 Å². The highest BCUT2D eigenvalue weighted by Crippen LogP contribution is 2.55. The van der Waals surface area contributed by atoms with Crippen molar-refractivity contribution in [1.82, 2.24) is 9.88 Å². The fraction of sp³-hybridized carbons (Fsp3) is 0.613. The van der Waals surface area contributed by atoms with Crippen LogP contribution in [0.5, 0.6) is 11.5 Å². The second kappa shape index (κ2) is 11.6. The van der Waals surface area contributed by atoms with E-state index < -0.39 is 35.0 Å². The van der Waals surface area contributed by atoms with Gasteiger partial charge in [-0.1, -0.05) is 0 Å². The molecule has 43 heavy (non-hydrogen) atoms. The fourth-order valence-electron chi connectivity index (χ4n) is 7.23. The predicted octanol–water partition coefficient (Wildman–Crippen LogP) is 3.29. The van der Waals surface area contributed by atoms with Crippen LogP contribution in [0, 0.1) is 0 Å². The second-order valence-electron chi connectivity index (χ2n) is 12.7. The summed E-state index contributed by atoms with van der Waals surface area (Å²) in [5.41, 5.74) is -1.31. The lowest BCUT2D eigenvalue weighted by molar-refractivity contribution is -0.176. The minimum Gasteiger partial charge on any atom is -0.497 e. The van der Waals surface area contributed by atoms with Crippen LogP contribution in [0.3, 0.4) is 0 Å². The van der Waals surface area contributed by atoms with Gasteiger partial charge in [0.2, 0.25) is 6.79 Å². The van der Waals surface area contributed by atoms with Gasteiger partial charge in [-0.3, -0.25) is 4.90 Å². The van der Waals surface area contributed by atoms with Crippen LogP contribution in [0.1, 0.15) is 69.4 Å². The van der Waals surface area contributed by atoms with Crippen LogP contribution in [-0.2, 0) is 20.7 Å². The molecule has 12 heteroatoms. The highest BCUT2D eigenvalue weighted by molar-refractivity contribution is 7.13. The maximum atomic E-state index is 14.1. The number of benzene rings is 1. The summed E-state index contributed by atoms with van der Waals surface area (Å²) in [5, 5.41) is 38.1. The Kier molecular flexibility index (Phi) is 8.10. The van der Waals surface area contributed by atoms with Crippen LogP contribution in [0.4, 0.5) is 5.13 Å². The Morgan fingerprint density at radius 2 is 2.05 bits per heavy atom. The number of hydrogen-bond donors (Lipinski definition) is 4. The van der Waals surface area contributed by atoms with Gasteiger partial charge in [0.25, 0.3) is 0 Å². The molecule has 1 aliphatic carbocycles. The molecule has 4 N–H and O–H groups in total. The van der Waals surface area contributed by atoms with Gasteiger partial charge in [-0.25, -0.2) is 9.78 Å². The van der Waals surface area contributed by atoms with Crippen molar-refractivity contribution in [2.45, 2.75) is 93.8 Å². The Hall–Kier alpha value is -2.90. The first-order valence-corrected chi connectivity index (χ1v) is 15.8. The lowest BCUT2D eigenvalue weighted by Gasteiger charge is -2.40. The minimum atomic E-state index is -2.04. The summed E-state index contributed by atoms with van der Waals surface area (Å²) < 4.78 is 23.6. The molecule has 3 aliphatic heterocycles. The van der Waals surface area contributed by atoms with Crippen molar-refractivity contribution >= 4 is 22.4 Å². The number of hydrogen-bond acceptors (Lipinski definition) is 12. The van der Waals surface area contributed by atoms with E-state index in [1.54, 1.807) is 32.5 Å². The van der Waals surface area contributed by atoms with Crippen LogP contribution in [0.2, 0.25) is 0 Å². The zero-order valence-electron chi connectivity index (χ0n) is 24.9. The molecule has 234 valence electrons. The SMILES string of the molecule is COC1=C[C@]23CCCN2CCc2cc4c(cc2[C@@H]3[C@@H]1OC(=O)[C@@](O)(CCCC(C)(C)O)CC(O)Nc1nccs1)OCO4. The van der Waals surface area contributed by atoms with Crippen molar-refractivity contribution in [3.8, 4) is 11.5 Å². The van der Waals surface area contributed by atoms with Crippen molar-refractivity contribution in [3.05, 3.63) is 46.7 Å². The number of rotatable bonds is 11. The number of aromatic nitrogens is 1. The van der Waals surface area contributed by atoms with Gasteiger partial charge >= 0.3 is 5.97 Å². The molecule has 4 heterocycles. The smallest absolute Gasteiger partial charge is 0.339 e. The molecule has 1 aromatic carbocycles. The minimum absolute atomic E-state index is 0.0115. The summed E-state index contributed by atoms with van der Waals surface area (Å²) in [7, 11) is 1.57. The molecule has 1 saturated heterocycles. The van der Waals surface area contributed by atoms with Crippen molar-refractivity contribution in [3.63, 3.8) is 0 Å². The number of fused-ring (bicyclic) bond motifs is 3. The number of thiazole rings is 1. The Bertz CT molecular complexity index is 1360. The molecule has 2 aromatic rings. The molecule has 4 aliphatic rings. The number of carbonyl (C=O) groups is 1. The van der Waals surface area contributed by atoms with Gasteiger partial charge in [-0.15, -0.1) is 11.3 Å². The Morgan fingerprint density at radius 3 is 2.77 bits per heavy atom. The standard InChI is InChI=1S/C31H41N3O8S/c1-29(2,37)7-4-9-31(38,17-24(35)33-28-32-10-13-43-28)27(36)42-26-23(39-3)16-30-8-5-11-34(30)12-6-19-14-21-22(41-18-40-21)15-20(19)25(26)30/h10,13-16,24-26,35,37-38H,4-9,11-12,17-18H2,1-3H3,(H,32,33)/t24?,25-,26-,30+,31-/m1/s1. The first-order chi connectivity index (χ1) is 20.5. The normalized spacial score (nSPS) is 26.4. The van der Waals surface area contributed by atoms with Gasteiger partial charge < -0.3 is 39.6 Å². The highest BCUT2D eigenvalue weighted by Gasteiger charge is 2.59. The quantitative estimate of drug-likeness (QED) is 0.218. The number of ether oxygens (including phenoxy) is 4. The summed E-state index contributed by atoms with van der Waals surface area (Å²) in [5.74, 6) is 0.778. The van der Waals surface area contributed by atoms with Gasteiger partial charge in [-0.2, -0.15) is 0 Å². The molecule has 1 fully saturated rings. The Morgan fingerprint density at radius 1 is 1.26 bits per heavy atom. The maximum Gasteiger partial charge on any atom is 0.339 e. The largest absolute Gasteiger partial charge is 0.497 e. The second-order valence-corrected chi connectivity index (χ2v) is 13.6. The predicted molar refractivity (Wildman–Crippen MR) is 159 cm³/mol. The van der Waals surface area contributed by atoms with Gasteiger partial charge in [0, 0.05) is 24.5 Å². The van der Waals surface area contributed by atoms with E-state index in [4.69, 9.17) is 18.9 Å². The van der Waals surface area contributed by atoms with Crippen LogP contribution < -0.4 is 14.8 Å². The Balaban J connectivity index is 1.32. The molecule has 6 rings (SSSR count). The number of carbonyl (C=O) groups excluding carboxylic acids is 1. The number of nitrogens with one attached hydrogen (secondary N) is 1. The lowest BCUT2D eigenvalue weighted by Crippen LogP contribution is -2.50. The number of nitrogens with zero attached hydrogens (tertiary/aromatic N) is 2. The molecule has 0 bridgehead atoms. The first-order valence-electron chi connectivity index (χ1n) is 15.0. The molecule has 0 saturated carbocycles. The van der Waals surface area contributed by atoms with Gasteiger partial charge in [-0.05, 0) is 88.3 Å². The van der Waals surface area contributed by atoms with E-state index in [2.05, 4.69) is 21.3 Å². The monoisotopic (exact) mass is 615 g/mol. The van der Waals surface area contributed by atoms with E-state index in [9.17, 15) is 20.1 Å². The van der Waals surface area contributed by atoms with Crippen molar-refractivity contribution in [1.29, 1.82) is 0 Å². The molecule has 1 spiro atoms. The van der Waals surface area contributed by atoms with Crippen LogP contribution >= 0.6 is 11.3 Å². The van der Waals surface area contributed by atoms with Crippen LogP contribution in [0.25, 0.3) is 0 Å². The summed E-state index contributed by atoms with van der Waals surface area (Å²) in [4.78, 5) is 20.7. The van der Waals surface area contributed by atoms with E-state index in [1.165, 1.54) is 11.3 Å². The van der Waals surface area contributed by atoms with E-state index in [-0.39, 0.29) is 25.6 Å². The van der Waals surface area contributed by atoms with E-state index in [0.29, 0.717) is 35.2 Å². The summed E-state index contributed by atoms with van der Waals surface area (Å²) >= 11 is 1.30. The average Bonchev–Trinajstić information content (AvgIpc) is 3.73. The van der Waals surface area contributed by atoms with Gasteiger partial charge in [0.1, 0.15) is 12.0 Å². The number of aliphatic hydroxyl groups is 3. The molecular weight excluding hydrogens is 574 g/mol. The summed E-state index contributed by atoms with van der Waals surface area (Å²) in [6.07, 6.45) is 4.68. The molecule has 1 aromatic heterocycles. The number of methoxy groups -OCH3 is 1. The number of aliphatic hydroxyl groups excluding tert-OH is 1. The van der Waals surface area contributed by atoms with Crippen molar-refractivity contribution < 1.29 is 39.1 Å². The first kappa shape index (κ1) is 30.1. The molecular formula is C31H41N3O8S. The molecule has 1 unspecified atom stereocenters. The van der Waals surface area contributed by atoms with E-state index in [1.807, 2.05) is 12.1 Å². The third kappa shape index (κ3) is 5.83. The van der Waals surface area contributed by atoms with Gasteiger partial charge in [0.05, 0.1) is 24.2 Å². The molecule has 0 amide bonds. The van der Waals surface area contributed by atoms with E-state index >= 15 is 0 Å². The third-order valence-electron chi connectivity index (χ3n) is 9.21. The van der Waals surface area contributed by atoms with Crippen molar-refractivity contribution in [2.75, 3.05) is 32.3 Å². The highest BCUT2D eigenvalue weighted by atomic mass is 32.1. The zero-order valence-corrected chi connectivity index (χ0v) is 25.7.